The molecule has 2 atom stereocenters. The number of halogens is 1. The topological polar surface area (TPSA) is 55.9 Å². The average Bonchev–Trinajstić information content (AvgIpc) is 2.86. The standard InChI is InChI=1S/C26H31FN4O2/c1-2-12-29-13-15-30(16-14-29)25(32)22-17-21(20-8-4-3-5-9-20)18-31(19-22)26(33)28-24-11-7-6-10-23(24)27/h2-11,21-22H,1,12-19H2,(H,28,33). The van der Waals surface area contributed by atoms with Crippen LogP contribution in [-0.4, -0.2) is 72.5 Å². The molecule has 2 fully saturated rings. The number of likely N-dealkylation sites (tertiary alicyclic amines) is 1. The third kappa shape index (κ3) is 5.60. The van der Waals surface area contributed by atoms with E-state index in [1.165, 1.54) is 12.1 Å². The summed E-state index contributed by atoms with van der Waals surface area (Å²) in [5.74, 6) is -0.631. The lowest BCUT2D eigenvalue weighted by Gasteiger charge is -2.41. The number of rotatable bonds is 5. The first-order chi connectivity index (χ1) is 16.0. The van der Waals surface area contributed by atoms with E-state index in [0.717, 1.165) is 25.2 Å². The van der Waals surface area contributed by atoms with E-state index in [1.54, 1.807) is 17.0 Å². The normalized spacial score (nSPS) is 21.5. The number of piperazine rings is 1. The van der Waals surface area contributed by atoms with Crippen LogP contribution >= 0.6 is 0 Å². The number of piperidine rings is 1. The number of benzene rings is 2. The van der Waals surface area contributed by atoms with Gasteiger partial charge in [-0.15, -0.1) is 6.58 Å². The summed E-state index contributed by atoms with van der Waals surface area (Å²) in [5, 5.41) is 2.68. The van der Waals surface area contributed by atoms with Gasteiger partial charge in [0.05, 0.1) is 11.6 Å². The zero-order valence-corrected chi connectivity index (χ0v) is 18.8. The van der Waals surface area contributed by atoms with E-state index in [-0.39, 0.29) is 29.5 Å². The van der Waals surface area contributed by atoms with Gasteiger partial charge in [-0.2, -0.15) is 0 Å². The molecule has 6 nitrogen and oxygen atoms in total. The molecule has 33 heavy (non-hydrogen) atoms. The molecule has 0 spiro atoms. The fourth-order valence-corrected chi connectivity index (χ4v) is 4.76. The zero-order valence-electron chi connectivity index (χ0n) is 18.8. The summed E-state index contributed by atoms with van der Waals surface area (Å²) >= 11 is 0. The van der Waals surface area contributed by atoms with E-state index in [1.807, 2.05) is 41.3 Å². The molecular formula is C26H31FN4O2. The molecule has 0 aromatic heterocycles. The van der Waals surface area contributed by atoms with E-state index in [2.05, 4.69) is 16.8 Å². The summed E-state index contributed by atoms with van der Waals surface area (Å²) in [6, 6.07) is 15.7. The third-order valence-electron chi connectivity index (χ3n) is 6.54. The van der Waals surface area contributed by atoms with Gasteiger partial charge >= 0.3 is 6.03 Å². The van der Waals surface area contributed by atoms with Crippen LogP contribution in [0.1, 0.15) is 17.9 Å². The summed E-state index contributed by atoms with van der Waals surface area (Å²) < 4.78 is 14.1. The fourth-order valence-electron chi connectivity index (χ4n) is 4.76. The lowest BCUT2D eigenvalue weighted by atomic mass is 9.84. The molecule has 0 radical (unpaired) electrons. The summed E-state index contributed by atoms with van der Waals surface area (Å²) in [4.78, 5) is 32.4. The highest BCUT2D eigenvalue weighted by Crippen LogP contribution is 2.32. The molecule has 2 unspecified atom stereocenters. The Morgan fingerprint density at radius 1 is 0.970 bits per heavy atom. The van der Waals surface area contributed by atoms with Gasteiger partial charge in [-0.1, -0.05) is 48.5 Å². The van der Waals surface area contributed by atoms with Gasteiger partial charge < -0.3 is 15.1 Å². The Morgan fingerprint density at radius 3 is 2.36 bits per heavy atom. The Hall–Kier alpha value is -3.19. The molecule has 2 saturated heterocycles. The van der Waals surface area contributed by atoms with Crippen molar-refractivity contribution in [2.75, 3.05) is 51.1 Å². The van der Waals surface area contributed by atoms with Crippen LogP contribution in [0.3, 0.4) is 0 Å². The first kappa shape index (κ1) is 23.0. The lowest BCUT2D eigenvalue weighted by molar-refractivity contribution is -0.138. The predicted molar refractivity (Wildman–Crippen MR) is 127 cm³/mol. The Morgan fingerprint density at radius 2 is 1.67 bits per heavy atom. The number of anilines is 1. The highest BCUT2D eigenvalue weighted by atomic mass is 19.1. The van der Waals surface area contributed by atoms with Crippen LogP contribution in [0.25, 0.3) is 0 Å². The van der Waals surface area contributed by atoms with Crippen molar-refractivity contribution in [1.82, 2.24) is 14.7 Å². The second kappa shape index (κ2) is 10.6. The van der Waals surface area contributed by atoms with Crippen molar-refractivity contribution in [3.05, 3.63) is 78.6 Å². The van der Waals surface area contributed by atoms with Gasteiger partial charge in [0.1, 0.15) is 5.82 Å². The van der Waals surface area contributed by atoms with Crippen LogP contribution in [0.4, 0.5) is 14.9 Å². The number of nitrogens with one attached hydrogen (secondary N) is 1. The van der Waals surface area contributed by atoms with Crippen LogP contribution in [0.15, 0.2) is 67.3 Å². The van der Waals surface area contributed by atoms with Crippen LogP contribution in [0.2, 0.25) is 0 Å². The van der Waals surface area contributed by atoms with Crippen molar-refractivity contribution >= 4 is 17.6 Å². The molecular weight excluding hydrogens is 419 g/mol. The molecule has 0 bridgehead atoms. The predicted octanol–water partition coefficient (Wildman–Crippen LogP) is 3.79. The Bertz CT molecular complexity index is 975. The molecule has 1 N–H and O–H groups in total. The Balaban J connectivity index is 1.49. The van der Waals surface area contributed by atoms with E-state index >= 15 is 0 Å². The summed E-state index contributed by atoms with van der Waals surface area (Å²) in [6.07, 6.45) is 2.58. The lowest BCUT2D eigenvalue weighted by Crippen LogP contribution is -2.54. The van der Waals surface area contributed by atoms with Crippen LogP contribution in [0, 0.1) is 11.7 Å². The summed E-state index contributed by atoms with van der Waals surface area (Å²) in [5.41, 5.74) is 1.25. The first-order valence-electron chi connectivity index (χ1n) is 11.5. The van der Waals surface area contributed by atoms with Crippen LogP contribution < -0.4 is 5.32 Å². The van der Waals surface area contributed by atoms with Gasteiger partial charge in [0, 0.05) is 51.7 Å². The van der Waals surface area contributed by atoms with Crippen molar-refractivity contribution in [3.63, 3.8) is 0 Å². The number of hydrogen-bond acceptors (Lipinski definition) is 3. The number of hydrogen-bond donors (Lipinski definition) is 1. The smallest absolute Gasteiger partial charge is 0.321 e. The molecule has 0 saturated carbocycles. The molecule has 0 aliphatic carbocycles. The highest BCUT2D eigenvalue weighted by molar-refractivity contribution is 5.90. The third-order valence-corrected chi connectivity index (χ3v) is 6.54. The second-order valence-corrected chi connectivity index (χ2v) is 8.77. The molecule has 4 rings (SSSR count). The summed E-state index contributed by atoms with van der Waals surface area (Å²) in [6.45, 7) is 8.44. The number of para-hydroxylation sites is 1. The molecule has 2 aromatic carbocycles. The van der Waals surface area contributed by atoms with Gasteiger partial charge in [0.15, 0.2) is 0 Å². The maximum absolute atomic E-state index is 14.1. The molecule has 7 heteroatoms. The van der Waals surface area contributed by atoms with Gasteiger partial charge in [0.2, 0.25) is 5.91 Å². The first-order valence-corrected chi connectivity index (χ1v) is 11.5. The minimum Gasteiger partial charge on any atom is -0.340 e. The number of amides is 3. The Labute approximate surface area is 194 Å². The molecule has 2 aliphatic heterocycles. The van der Waals surface area contributed by atoms with E-state index in [4.69, 9.17) is 0 Å². The monoisotopic (exact) mass is 450 g/mol. The number of urea groups is 1. The molecule has 174 valence electrons. The number of nitrogens with zero attached hydrogens (tertiary/aromatic N) is 3. The van der Waals surface area contributed by atoms with Crippen molar-refractivity contribution in [2.45, 2.75) is 12.3 Å². The maximum Gasteiger partial charge on any atom is 0.321 e. The fraction of sp³-hybridized carbons (Fsp3) is 0.385. The molecule has 2 heterocycles. The van der Waals surface area contributed by atoms with Crippen LogP contribution in [-0.2, 0) is 4.79 Å². The van der Waals surface area contributed by atoms with Gasteiger partial charge in [-0.3, -0.25) is 9.69 Å². The summed E-state index contributed by atoms with van der Waals surface area (Å²) in [7, 11) is 0. The molecule has 2 aliphatic rings. The van der Waals surface area contributed by atoms with Crippen molar-refractivity contribution in [2.24, 2.45) is 5.92 Å². The average molecular weight is 451 g/mol. The maximum atomic E-state index is 14.1. The largest absolute Gasteiger partial charge is 0.340 e. The highest BCUT2D eigenvalue weighted by Gasteiger charge is 2.37. The van der Waals surface area contributed by atoms with Crippen LogP contribution in [0.5, 0.6) is 0 Å². The van der Waals surface area contributed by atoms with E-state index in [9.17, 15) is 14.0 Å². The number of carbonyl (C=O) groups is 2. The van der Waals surface area contributed by atoms with Gasteiger partial charge in [0.25, 0.3) is 0 Å². The van der Waals surface area contributed by atoms with Gasteiger partial charge in [-0.05, 0) is 24.1 Å². The molecule has 3 amide bonds. The van der Waals surface area contributed by atoms with Gasteiger partial charge in [-0.25, -0.2) is 9.18 Å². The zero-order chi connectivity index (χ0) is 23.2. The van der Waals surface area contributed by atoms with Crippen molar-refractivity contribution in [1.29, 1.82) is 0 Å². The SMILES string of the molecule is C=CCN1CCN(C(=O)C2CC(c3ccccc3)CN(C(=O)Nc3ccccc3F)C2)CC1. The second-order valence-electron chi connectivity index (χ2n) is 8.77. The van der Waals surface area contributed by atoms with Crippen molar-refractivity contribution < 1.29 is 14.0 Å². The minimum atomic E-state index is -0.479. The number of carbonyl (C=O) groups excluding carboxylic acids is 2. The molecule has 2 aromatic rings. The Kier molecular flexibility index (Phi) is 7.40. The van der Waals surface area contributed by atoms with E-state index < -0.39 is 5.82 Å². The quantitative estimate of drug-likeness (QED) is 0.705. The van der Waals surface area contributed by atoms with E-state index in [0.29, 0.717) is 32.6 Å². The minimum absolute atomic E-state index is 0.0438. The van der Waals surface area contributed by atoms with Crippen molar-refractivity contribution in [3.8, 4) is 0 Å².